The van der Waals surface area contributed by atoms with E-state index in [0.29, 0.717) is 32.0 Å². The molecule has 2 heterocycles. The van der Waals surface area contributed by atoms with Gasteiger partial charge in [0.1, 0.15) is 12.1 Å². The Bertz CT molecular complexity index is 1080. The zero-order chi connectivity index (χ0) is 22.0. The van der Waals surface area contributed by atoms with E-state index < -0.39 is 4.92 Å². The summed E-state index contributed by atoms with van der Waals surface area (Å²) in [5, 5.41) is 15.0. The highest BCUT2D eigenvalue weighted by Gasteiger charge is 2.29. The number of hydrogen-bond acceptors (Lipinski definition) is 7. The second-order valence-corrected chi connectivity index (χ2v) is 7.60. The maximum atomic E-state index is 13.2. The van der Waals surface area contributed by atoms with Crippen molar-refractivity contribution in [1.29, 1.82) is 0 Å². The number of piperazine rings is 1. The Balaban J connectivity index is 1.57. The van der Waals surface area contributed by atoms with Gasteiger partial charge in [0.15, 0.2) is 0 Å². The first kappa shape index (κ1) is 20.5. The van der Waals surface area contributed by atoms with Gasteiger partial charge in [-0.05, 0) is 61.4 Å². The van der Waals surface area contributed by atoms with Crippen molar-refractivity contribution in [2.24, 2.45) is 0 Å². The van der Waals surface area contributed by atoms with Crippen LogP contribution in [0.4, 0.5) is 33.1 Å². The van der Waals surface area contributed by atoms with Crippen LogP contribution >= 0.6 is 0 Å². The first-order chi connectivity index (χ1) is 14.9. The van der Waals surface area contributed by atoms with Crippen molar-refractivity contribution in [2.45, 2.75) is 13.8 Å². The Morgan fingerprint density at radius 2 is 1.58 bits per heavy atom. The molecule has 1 N–H and O–H groups in total. The lowest BCUT2D eigenvalue weighted by Crippen LogP contribution is -2.47. The smallest absolute Gasteiger partial charge is 0.353 e. The third kappa shape index (κ3) is 4.55. The van der Waals surface area contributed by atoms with Gasteiger partial charge in [0.25, 0.3) is 0 Å². The highest BCUT2D eigenvalue weighted by atomic mass is 19.1. The Labute approximate surface area is 179 Å². The van der Waals surface area contributed by atoms with E-state index in [1.54, 1.807) is 12.1 Å². The largest absolute Gasteiger partial charge is 0.368 e. The molecule has 31 heavy (non-hydrogen) atoms. The summed E-state index contributed by atoms with van der Waals surface area (Å²) in [4.78, 5) is 23.9. The molecule has 160 valence electrons. The van der Waals surface area contributed by atoms with Crippen LogP contribution in [0.2, 0.25) is 0 Å². The average molecular weight is 422 g/mol. The Morgan fingerprint density at radius 3 is 2.19 bits per heavy atom. The number of aromatic nitrogens is 2. The van der Waals surface area contributed by atoms with E-state index in [1.807, 2.05) is 36.9 Å². The molecule has 0 unspecified atom stereocenters. The molecule has 1 fully saturated rings. The van der Waals surface area contributed by atoms with Crippen LogP contribution in [0, 0.1) is 29.8 Å². The molecule has 1 saturated heterocycles. The predicted octanol–water partition coefficient (Wildman–Crippen LogP) is 4.21. The second kappa shape index (κ2) is 8.55. The number of anilines is 4. The predicted molar refractivity (Wildman–Crippen MR) is 119 cm³/mol. The van der Waals surface area contributed by atoms with E-state index in [1.165, 1.54) is 18.5 Å². The third-order valence-corrected chi connectivity index (χ3v) is 5.24. The van der Waals surface area contributed by atoms with Crippen molar-refractivity contribution in [3.8, 4) is 0 Å². The summed E-state index contributed by atoms with van der Waals surface area (Å²) in [5.74, 6) is 0.189. The second-order valence-electron chi connectivity index (χ2n) is 7.60. The summed E-state index contributed by atoms with van der Waals surface area (Å²) in [5.41, 5.74) is 3.63. The number of benzene rings is 2. The van der Waals surface area contributed by atoms with Gasteiger partial charge in [-0.1, -0.05) is 6.07 Å². The van der Waals surface area contributed by atoms with Gasteiger partial charge < -0.3 is 15.1 Å². The summed E-state index contributed by atoms with van der Waals surface area (Å²) in [7, 11) is 0. The molecule has 0 saturated carbocycles. The molecule has 0 atom stereocenters. The summed E-state index contributed by atoms with van der Waals surface area (Å²) in [6.07, 6.45) is 1.35. The minimum Gasteiger partial charge on any atom is -0.368 e. The fraction of sp³-hybridized carbons (Fsp3) is 0.273. The van der Waals surface area contributed by atoms with Gasteiger partial charge in [0, 0.05) is 37.6 Å². The number of nitrogens with one attached hydrogen (secondary N) is 1. The summed E-state index contributed by atoms with van der Waals surface area (Å²) >= 11 is 0. The fourth-order valence-corrected chi connectivity index (χ4v) is 3.87. The van der Waals surface area contributed by atoms with Crippen molar-refractivity contribution >= 4 is 28.7 Å². The zero-order valence-corrected chi connectivity index (χ0v) is 17.4. The molecule has 2 aromatic carbocycles. The highest BCUT2D eigenvalue weighted by molar-refractivity contribution is 5.75. The monoisotopic (exact) mass is 422 g/mol. The number of rotatable bonds is 5. The van der Waals surface area contributed by atoms with E-state index >= 15 is 0 Å². The molecule has 0 radical (unpaired) electrons. The molecule has 0 spiro atoms. The number of halogens is 1. The number of nitrogens with zero attached hydrogens (tertiary/aromatic N) is 5. The maximum Gasteiger partial charge on any atom is 0.353 e. The zero-order valence-electron chi connectivity index (χ0n) is 17.4. The molecule has 4 rings (SSSR count). The van der Waals surface area contributed by atoms with Crippen molar-refractivity contribution < 1.29 is 9.31 Å². The molecule has 8 nitrogen and oxygen atoms in total. The Kier molecular flexibility index (Phi) is 5.66. The molecular formula is C22H23FN6O2. The van der Waals surface area contributed by atoms with Gasteiger partial charge in [-0.25, -0.2) is 14.4 Å². The van der Waals surface area contributed by atoms with Crippen LogP contribution in [0.15, 0.2) is 48.8 Å². The van der Waals surface area contributed by atoms with Crippen LogP contribution < -0.4 is 15.1 Å². The van der Waals surface area contributed by atoms with Crippen LogP contribution in [0.25, 0.3) is 0 Å². The van der Waals surface area contributed by atoms with Gasteiger partial charge >= 0.3 is 5.69 Å². The van der Waals surface area contributed by atoms with E-state index in [9.17, 15) is 14.5 Å². The standard InChI is InChI=1S/C22H23FN6O2/c1-15-11-16(2)13-18(12-15)26-21-20(29(30)31)22(25-14-24-21)28-9-7-27(8-10-28)19-5-3-17(23)4-6-19/h3-6,11-14H,7-10H2,1-2H3,(H,24,25,26). The first-order valence-corrected chi connectivity index (χ1v) is 10.0. The average Bonchev–Trinajstić information content (AvgIpc) is 2.73. The third-order valence-electron chi connectivity index (χ3n) is 5.24. The van der Waals surface area contributed by atoms with Crippen LogP contribution in [0.5, 0.6) is 0 Å². The quantitative estimate of drug-likeness (QED) is 0.487. The van der Waals surface area contributed by atoms with Crippen LogP contribution in [0.3, 0.4) is 0 Å². The lowest BCUT2D eigenvalue weighted by molar-refractivity contribution is -0.383. The van der Waals surface area contributed by atoms with Crippen LogP contribution in [-0.2, 0) is 0 Å². The lowest BCUT2D eigenvalue weighted by Gasteiger charge is -2.36. The van der Waals surface area contributed by atoms with E-state index in [4.69, 9.17) is 0 Å². The van der Waals surface area contributed by atoms with Crippen LogP contribution in [-0.4, -0.2) is 41.1 Å². The highest BCUT2D eigenvalue weighted by Crippen LogP contribution is 2.34. The van der Waals surface area contributed by atoms with E-state index in [2.05, 4.69) is 20.2 Å². The number of hydrogen-bond donors (Lipinski definition) is 1. The van der Waals surface area contributed by atoms with Gasteiger partial charge in [0.05, 0.1) is 4.92 Å². The lowest BCUT2D eigenvalue weighted by atomic mass is 10.1. The fourth-order valence-electron chi connectivity index (χ4n) is 3.87. The summed E-state index contributed by atoms with van der Waals surface area (Å²) < 4.78 is 13.2. The SMILES string of the molecule is Cc1cc(C)cc(Nc2ncnc(N3CCN(c4ccc(F)cc4)CC3)c2[N+](=O)[O-])c1. The normalized spacial score (nSPS) is 13.9. The number of aryl methyl sites for hydroxylation is 2. The van der Waals surface area contributed by atoms with Gasteiger partial charge in [-0.3, -0.25) is 10.1 Å². The van der Waals surface area contributed by atoms with Crippen molar-refractivity contribution in [3.05, 3.63) is 75.9 Å². The van der Waals surface area contributed by atoms with Gasteiger partial charge in [0.2, 0.25) is 11.6 Å². The molecule has 9 heteroatoms. The molecule has 1 aromatic heterocycles. The molecule has 0 aliphatic carbocycles. The molecule has 3 aromatic rings. The molecule has 1 aliphatic rings. The Hall–Kier alpha value is -3.75. The van der Waals surface area contributed by atoms with Crippen molar-refractivity contribution in [2.75, 3.05) is 41.3 Å². The van der Waals surface area contributed by atoms with Gasteiger partial charge in [-0.15, -0.1) is 0 Å². The first-order valence-electron chi connectivity index (χ1n) is 10.0. The van der Waals surface area contributed by atoms with Crippen molar-refractivity contribution in [3.63, 3.8) is 0 Å². The summed E-state index contributed by atoms with van der Waals surface area (Å²) in [6.45, 7) is 6.34. The van der Waals surface area contributed by atoms with Crippen LogP contribution in [0.1, 0.15) is 11.1 Å². The van der Waals surface area contributed by atoms with Crippen molar-refractivity contribution in [1.82, 2.24) is 9.97 Å². The Morgan fingerprint density at radius 1 is 0.968 bits per heavy atom. The molecule has 0 bridgehead atoms. The van der Waals surface area contributed by atoms with E-state index in [0.717, 1.165) is 22.5 Å². The molecule has 1 aliphatic heterocycles. The maximum absolute atomic E-state index is 13.2. The minimum atomic E-state index is -0.438. The van der Waals surface area contributed by atoms with Gasteiger partial charge in [-0.2, -0.15) is 0 Å². The number of nitro groups is 1. The summed E-state index contributed by atoms with van der Waals surface area (Å²) in [6, 6.07) is 12.2. The topological polar surface area (TPSA) is 87.4 Å². The minimum absolute atomic E-state index is 0.142. The molecular weight excluding hydrogens is 399 g/mol. The molecule has 0 amide bonds. The van der Waals surface area contributed by atoms with E-state index in [-0.39, 0.29) is 17.3 Å².